The molecule has 1 atom stereocenters. The first-order chi connectivity index (χ1) is 6.27. The van der Waals surface area contributed by atoms with Gasteiger partial charge in [0.1, 0.15) is 23.3 Å². The molecule has 0 saturated heterocycles. The molecule has 1 unspecified atom stereocenters. The fourth-order valence-electron chi connectivity index (χ4n) is 1.41. The molecule has 3 nitrogen and oxygen atoms in total. The highest BCUT2D eigenvalue weighted by Gasteiger charge is 2.18. The Bertz CT molecular complexity index is 327. The number of ether oxygens (including phenoxy) is 1. The molecule has 0 radical (unpaired) electrons. The summed E-state index contributed by atoms with van der Waals surface area (Å²) in [5.41, 5.74) is 5.93. The minimum atomic E-state index is -0.240. The van der Waals surface area contributed by atoms with E-state index in [1.807, 2.05) is 25.1 Å². The number of nitrogens with two attached hydrogens (primary N) is 1. The van der Waals surface area contributed by atoms with Crippen LogP contribution in [0, 0.1) is 6.92 Å². The Labute approximate surface area is 77.2 Å². The molecule has 2 rings (SSSR count). The van der Waals surface area contributed by atoms with E-state index in [9.17, 15) is 0 Å². The van der Waals surface area contributed by atoms with E-state index in [4.69, 9.17) is 14.9 Å². The highest BCUT2D eigenvalue weighted by atomic mass is 16.5. The maximum atomic E-state index is 5.93. The lowest BCUT2D eigenvalue weighted by atomic mass is 10.2. The minimum Gasteiger partial charge on any atom is -0.496 e. The highest BCUT2D eigenvalue weighted by Crippen LogP contribution is 2.25. The van der Waals surface area contributed by atoms with Crippen molar-refractivity contribution in [2.45, 2.75) is 19.4 Å². The third-order valence-electron chi connectivity index (χ3n) is 2.11. The Balaban J connectivity index is 2.16. The summed E-state index contributed by atoms with van der Waals surface area (Å²) in [5.74, 6) is 2.48. The van der Waals surface area contributed by atoms with E-state index in [1.165, 1.54) is 0 Å². The van der Waals surface area contributed by atoms with E-state index >= 15 is 0 Å². The molecule has 1 aromatic rings. The van der Waals surface area contributed by atoms with Crippen LogP contribution >= 0.6 is 0 Å². The lowest BCUT2D eigenvalue weighted by molar-refractivity contribution is 0.218. The summed E-state index contributed by atoms with van der Waals surface area (Å²) in [6.45, 7) is 2.64. The van der Waals surface area contributed by atoms with Gasteiger partial charge in [0.15, 0.2) is 0 Å². The van der Waals surface area contributed by atoms with E-state index < -0.39 is 0 Å². The molecule has 0 aliphatic carbocycles. The van der Waals surface area contributed by atoms with Crippen LogP contribution in [0.3, 0.4) is 0 Å². The van der Waals surface area contributed by atoms with Crippen LogP contribution in [0.1, 0.15) is 24.0 Å². The van der Waals surface area contributed by atoms with E-state index in [0.29, 0.717) is 0 Å². The molecule has 2 heterocycles. The average molecular weight is 179 g/mol. The zero-order valence-electron chi connectivity index (χ0n) is 7.62. The van der Waals surface area contributed by atoms with Crippen LogP contribution in [0.5, 0.6) is 0 Å². The number of furan rings is 1. The van der Waals surface area contributed by atoms with Crippen LogP contribution in [0.4, 0.5) is 0 Å². The first kappa shape index (κ1) is 8.38. The molecule has 1 aromatic heterocycles. The SMILES string of the molecule is Cc1ccc(C(N)C2=CCCO2)o1. The van der Waals surface area contributed by atoms with Crippen molar-refractivity contribution in [3.8, 4) is 0 Å². The summed E-state index contributed by atoms with van der Waals surface area (Å²) in [7, 11) is 0. The van der Waals surface area contributed by atoms with Gasteiger partial charge in [-0.3, -0.25) is 0 Å². The van der Waals surface area contributed by atoms with Gasteiger partial charge in [-0.15, -0.1) is 0 Å². The lowest BCUT2D eigenvalue weighted by Gasteiger charge is -2.09. The van der Waals surface area contributed by atoms with E-state index in [1.54, 1.807) is 0 Å². The number of rotatable bonds is 2. The Hall–Kier alpha value is -1.22. The molecule has 13 heavy (non-hydrogen) atoms. The molecule has 70 valence electrons. The predicted octanol–water partition coefficient (Wildman–Crippen LogP) is 1.89. The fourth-order valence-corrected chi connectivity index (χ4v) is 1.41. The smallest absolute Gasteiger partial charge is 0.128 e. The van der Waals surface area contributed by atoms with Crippen molar-refractivity contribution in [1.82, 2.24) is 0 Å². The average Bonchev–Trinajstić information content (AvgIpc) is 2.72. The lowest BCUT2D eigenvalue weighted by Crippen LogP contribution is -2.12. The van der Waals surface area contributed by atoms with Gasteiger partial charge >= 0.3 is 0 Å². The summed E-state index contributed by atoms with van der Waals surface area (Å²) >= 11 is 0. The zero-order chi connectivity index (χ0) is 9.26. The van der Waals surface area contributed by atoms with Gasteiger partial charge in [-0.25, -0.2) is 0 Å². The van der Waals surface area contributed by atoms with Gasteiger partial charge in [-0.05, 0) is 25.1 Å². The summed E-state index contributed by atoms with van der Waals surface area (Å²) in [6.07, 6.45) is 2.96. The maximum Gasteiger partial charge on any atom is 0.128 e. The Kier molecular flexibility index (Phi) is 2.10. The Morgan fingerprint density at radius 3 is 2.85 bits per heavy atom. The normalized spacial score (nSPS) is 18.2. The first-order valence-corrected chi connectivity index (χ1v) is 4.42. The van der Waals surface area contributed by atoms with Crippen molar-refractivity contribution >= 4 is 0 Å². The summed E-state index contributed by atoms with van der Waals surface area (Å²) < 4.78 is 10.8. The van der Waals surface area contributed by atoms with Crippen LogP contribution in [0.2, 0.25) is 0 Å². The first-order valence-electron chi connectivity index (χ1n) is 4.42. The second kappa shape index (κ2) is 3.26. The predicted molar refractivity (Wildman–Crippen MR) is 49.0 cm³/mol. The van der Waals surface area contributed by atoms with Gasteiger partial charge in [0.2, 0.25) is 0 Å². The second-order valence-corrected chi connectivity index (χ2v) is 3.17. The maximum absolute atomic E-state index is 5.93. The van der Waals surface area contributed by atoms with Gasteiger partial charge in [0, 0.05) is 6.42 Å². The largest absolute Gasteiger partial charge is 0.496 e. The highest BCUT2D eigenvalue weighted by molar-refractivity contribution is 5.19. The third kappa shape index (κ3) is 1.60. The van der Waals surface area contributed by atoms with Crippen molar-refractivity contribution in [3.05, 3.63) is 35.5 Å². The van der Waals surface area contributed by atoms with Gasteiger partial charge < -0.3 is 14.9 Å². The summed E-state index contributed by atoms with van der Waals surface area (Å²) in [5, 5.41) is 0. The molecular formula is C10H13NO2. The zero-order valence-corrected chi connectivity index (χ0v) is 7.62. The molecule has 1 aliphatic rings. The van der Waals surface area contributed by atoms with Crippen LogP contribution < -0.4 is 5.73 Å². The molecule has 0 aromatic carbocycles. The second-order valence-electron chi connectivity index (χ2n) is 3.17. The Morgan fingerprint density at radius 2 is 2.31 bits per heavy atom. The van der Waals surface area contributed by atoms with Gasteiger partial charge in [0.25, 0.3) is 0 Å². The molecule has 0 fully saturated rings. The fraction of sp³-hybridized carbons (Fsp3) is 0.400. The number of hydrogen-bond donors (Lipinski definition) is 1. The van der Waals surface area contributed by atoms with Gasteiger partial charge in [-0.2, -0.15) is 0 Å². The standard InChI is InChI=1S/C10H13NO2/c1-7-4-5-9(13-7)10(11)8-3-2-6-12-8/h3-5,10H,2,6,11H2,1H3. The van der Waals surface area contributed by atoms with Crippen molar-refractivity contribution in [1.29, 1.82) is 0 Å². The van der Waals surface area contributed by atoms with Gasteiger partial charge in [-0.1, -0.05) is 0 Å². The van der Waals surface area contributed by atoms with Crippen molar-refractivity contribution in [2.75, 3.05) is 6.61 Å². The summed E-state index contributed by atoms with van der Waals surface area (Å²) in [6, 6.07) is 3.56. The van der Waals surface area contributed by atoms with Crippen LogP contribution in [-0.2, 0) is 4.74 Å². The molecule has 0 spiro atoms. The van der Waals surface area contributed by atoms with Crippen molar-refractivity contribution in [3.63, 3.8) is 0 Å². The monoisotopic (exact) mass is 179 g/mol. The molecular weight excluding hydrogens is 166 g/mol. The van der Waals surface area contributed by atoms with Crippen molar-refractivity contribution in [2.24, 2.45) is 5.73 Å². The third-order valence-corrected chi connectivity index (χ3v) is 2.11. The quantitative estimate of drug-likeness (QED) is 0.754. The molecule has 3 heteroatoms. The molecule has 1 aliphatic heterocycles. The van der Waals surface area contributed by atoms with E-state index in [-0.39, 0.29) is 6.04 Å². The van der Waals surface area contributed by atoms with Crippen LogP contribution in [-0.4, -0.2) is 6.61 Å². The topological polar surface area (TPSA) is 48.4 Å². The van der Waals surface area contributed by atoms with Crippen LogP contribution in [0.15, 0.2) is 28.4 Å². The van der Waals surface area contributed by atoms with E-state index in [2.05, 4.69) is 0 Å². The summed E-state index contributed by atoms with van der Waals surface area (Å²) in [4.78, 5) is 0. The molecule has 0 bridgehead atoms. The van der Waals surface area contributed by atoms with Gasteiger partial charge in [0.05, 0.1) is 6.61 Å². The molecule has 2 N–H and O–H groups in total. The minimum absolute atomic E-state index is 0.240. The number of aryl methyl sites for hydroxylation is 1. The van der Waals surface area contributed by atoms with E-state index in [0.717, 1.165) is 30.3 Å². The molecule has 0 saturated carbocycles. The van der Waals surface area contributed by atoms with Crippen molar-refractivity contribution < 1.29 is 9.15 Å². The Morgan fingerprint density at radius 1 is 1.46 bits per heavy atom. The molecule has 0 amide bonds. The van der Waals surface area contributed by atoms with Crippen LogP contribution in [0.25, 0.3) is 0 Å². The number of hydrogen-bond acceptors (Lipinski definition) is 3.